The van der Waals surface area contributed by atoms with E-state index in [0.717, 1.165) is 32.7 Å². The fraction of sp³-hybridized carbons (Fsp3) is 0.240. The molecule has 1 unspecified atom stereocenters. The lowest BCUT2D eigenvalue weighted by atomic mass is 9.98. The highest BCUT2D eigenvalue weighted by Gasteiger charge is 2.21. The minimum atomic E-state index is -0.345. The van der Waals surface area contributed by atoms with E-state index in [2.05, 4.69) is 30.2 Å². The molecule has 0 aliphatic rings. The number of furan rings is 1. The molecule has 0 radical (unpaired) electrons. The second-order valence-corrected chi connectivity index (χ2v) is 9.12. The van der Waals surface area contributed by atoms with Crippen LogP contribution in [0.15, 0.2) is 70.3 Å². The third-order valence-electron chi connectivity index (χ3n) is 5.14. The highest BCUT2D eigenvalue weighted by molar-refractivity contribution is 8.00. The maximum absolute atomic E-state index is 13.1. The van der Waals surface area contributed by atoms with Crippen LogP contribution in [0.25, 0.3) is 22.5 Å². The number of hydrogen-bond acceptors (Lipinski definition) is 5. The van der Waals surface area contributed by atoms with E-state index in [4.69, 9.17) is 9.40 Å². The van der Waals surface area contributed by atoms with Gasteiger partial charge in [-0.15, -0.1) is 0 Å². The largest absolute Gasteiger partial charge is 0.461 e. The molecule has 1 amide bonds. The average Bonchev–Trinajstić information content (AvgIpc) is 3.29. The van der Waals surface area contributed by atoms with Crippen LogP contribution in [0.4, 0.5) is 5.69 Å². The van der Waals surface area contributed by atoms with Crippen LogP contribution < -0.4 is 5.32 Å². The van der Waals surface area contributed by atoms with Gasteiger partial charge in [-0.3, -0.25) is 4.79 Å². The maximum Gasteiger partial charge on any atom is 0.237 e. The number of hydrogen-bond donors (Lipinski definition) is 1. The molecule has 2 aromatic heterocycles. The number of para-hydroxylation sites is 2. The molecule has 4 rings (SSSR count). The molecule has 0 fully saturated rings. The highest BCUT2D eigenvalue weighted by Crippen LogP contribution is 2.33. The number of nitrogens with one attached hydrogen (secondary N) is 1. The normalized spacial score (nSPS) is 12.3. The minimum absolute atomic E-state index is 0.0524. The molecule has 1 atom stereocenters. The summed E-state index contributed by atoms with van der Waals surface area (Å²) in [5.41, 5.74) is 3.92. The van der Waals surface area contributed by atoms with E-state index in [9.17, 15) is 4.79 Å². The van der Waals surface area contributed by atoms with E-state index in [0.29, 0.717) is 17.5 Å². The molecular weight excluding hydrogens is 406 g/mol. The zero-order chi connectivity index (χ0) is 22.0. The first kappa shape index (κ1) is 21.1. The summed E-state index contributed by atoms with van der Waals surface area (Å²) in [6, 6.07) is 17.6. The molecule has 6 heteroatoms. The summed E-state index contributed by atoms with van der Waals surface area (Å²) in [5.74, 6) is 1.38. The second kappa shape index (κ2) is 8.94. The Labute approximate surface area is 186 Å². The number of rotatable bonds is 6. The summed E-state index contributed by atoms with van der Waals surface area (Å²) in [6.45, 7) is 8.18. The number of carbonyl (C=O) groups excluding carboxylic acids is 1. The van der Waals surface area contributed by atoms with E-state index in [1.807, 2.05) is 62.4 Å². The van der Waals surface area contributed by atoms with Gasteiger partial charge in [-0.05, 0) is 49.1 Å². The average molecular weight is 432 g/mol. The van der Waals surface area contributed by atoms with Gasteiger partial charge in [-0.25, -0.2) is 9.97 Å². The Morgan fingerprint density at radius 2 is 1.81 bits per heavy atom. The van der Waals surface area contributed by atoms with Gasteiger partial charge in [0.2, 0.25) is 5.91 Å². The van der Waals surface area contributed by atoms with Crippen LogP contribution in [0.2, 0.25) is 0 Å². The molecule has 0 spiro atoms. The van der Waals surface area contributed by atoms with Gasteiger partial charge in [-0.2, -0.15) is 0 Å². The van der Waals surface area contributed by atoms with E-state index in [1.54, 1.807) is 6.26 Å². The fourth-order valence-corrected chi connectivity index (χ4v) is 4.38. The Morgan fingerprint density at radius 3 is 2.55 bits per heavy atom. The number of amides is 1. The molecule has 0 saturated heterocycles. The summed E-state index contributed by atoms with van der Waals surface area (Å²) < 4.78 is 5.49. The van der Waals surface area contributed by atoms with Gasteiger partial charge >= 0.3 is 0 Å². The molecule has 0 aliphatic carbocycles. The Hall–Kier alpha value is -3.12. The molecule has 31 heavy (non-hydrogen) atoms. The first-order valence-electron chi connectivity index (χ1n) is 10.3. The number of aryl methyl sites for hydroxylation is 1. The van der Waals surface area contributed by atoms with Gasteiger partial charge in [0.1, 0.15) is 5.03 Å². The molecule has 4 aromatic rings. The third kappa shape index (κ3) is 4.49. The zero-order valence-electron chi connectivity index (χ0n) is 18.0. The summed E-state index contributed by atoms with van der Waals surface area (Å²) in [6.07, 6.45) is 1.60. The molecule has 0 bridgehead atoms. The monoisotopic (exact) mass is 431 g/mol. The van der Waals surface area contributed by atoms with Crippen molar-refractivity contribution in [1.82, 2.24) is 9.97 Å². The predicted molar refractivity (Wildman–Crippen MR) is 126 cm³/mol. The van der Waals surface area contributed by atoms with Crippen molar-refractivity contribution in [2.24, 2.45) is 0 Å². The Balaban J connectivity index is 1.63. The number of benzene rings is 2. The Bertz CT molecular complexity index is 1220. The van der Waals surface area contributed by atoms with Gasteiger partial charge in [0, 0.05) is 11.1 Å². The van der Waals surface area contributed by atoms with Crippen molar-refractivity contribution in [2.45, 2.75) is 43.9 Å². The number of nitrogens with zero attached hydrogens (tertiary/aromatic N) is 2. The van der Waals surface area contributed by atoms with E-state index in [1.165, 1.54) is 11.8 Å². The van der Waals surface area contributed by atoms with E-state index >= 15 is 0 Å². The predicted octanol–water partition coefficient (Wildman–Crippen LogP) is 6.44. The molecular formula is C25H25N3O2S. The van der Waals surface area contributed by atoms with Crippen molar-refractivity contribution in [3.8, 4) is 11.6 Å². The van der Waals surface area contributed by atoms with Gasteiger partial charge < -0.3 is 9.73 Å². The van der Waals surface area contributed by atoms with Crippen LogP contribution in [-0.4, -0.2) is 21.1 Å². The lowest BCUT2D eigenvalue weighted by molar-refractivity contribution is -0.115. The molecule has 2 heterocycles. The number of fused-ring (bicyclic) bond motifs is 1. The first-order valence-corrected chi connectivity index (χ1v) is 11.2. The number of anilines is 1. The lowest BCUT2D eigenvalue weighted by Crippen LogP contribution is -2.24. The zero-order valence-corrected chi connectivity index (χ0v) is 18.9. The van der Waals surface area contributed by atoms with Crippen LogP contribution in [0.1, 0.15) is 37.8 Å². The summed E-state index contributed by atoms with van der Waals surface area (Å²) >= 11 is 1.43. The van der Waals surface area contributed by atoms with Crippen LogP contribution in [0, 0.1) is 6.92 Å². The second-order valence-electron chi connectivity index (χ2n) is 7.79. The van der Waals surface area contributed by atoms with Crippen LogP contribution in [0.5, 0.6) is 0 Å². The summed E-state index contributed by atoms with van der Waals surface area (Å²) in [4.78, 5) is 22.4. The highest BCUT2D eigenvalue weighted by atomic mass is 32.2. The summed E-state index contributed by atoms with van der Waals surface area (Å²) in [5, 5.41) is 4.48. The van der Waals surface area contributed by atoms with Crippen LogP contribution in [-0.2, 0) is 4.79 Å². The van der Waals surface area contributed by atoms with Crippen molar-refractivity contribution >= 4 is 34.3 Å². The Morgan fingerprint density at radius 1 is 1.00 bits per heavy atom. The van der Waals surface area contributed by atoms with Gasteiger partial charge in [0.15, 0.2) is 11.6 Å². The van der Waals surface area contributed by atoms with Crippen molar-refractivity contribution in [1.29, 1.82) is 0 Å². The van der Waals surface area contributed by atoms with Crippen molar-refractivity contribution in [2.75, 3.05) is 5.32 Å². The number of aromatic nitrogens is 2. The van der Waals surface area contributed by atoms with Crippen LogP contribution >= 0.6 is 11.8 Å². The quantitative estimate of drug-likeness (QED) is 0.281. The molecule has 5 nitrogen and oxygen atoms in total. The molecule has 0 saturated carbocycles. The van der Waals surface area contributed by atoms with Gasteiger partial charge in [0.25, 0.3) is 0 Å². The van der Waals surface area contributed by atoms with E-state index in [-0.39, 0.29) is 11.2 Å². The van der Waals surface area contributed by atoms with E-state index < -0.39 is 0 Å². The van der Waals surface area contributed by atoms with Crippen molar-refractivity contribution in [3.63, 3.8) is 0 Å². The molecule has 2 aromatic carbocycles. The Kier molecular flexibility index (Phi) is 6.09. The smallest absolute Gasteiger partial charge is 0.237 e. The maximum atomic E-state index is 13.1. The van der Waals surface area contributed by atoms with Crippen molar-refractivity contribution < 1.29 is 9.21 Å². The minimum Gasteiger partial charge on any atom is -0.461 e. The standard InChI is InChI=1S/C25H25N3O2S/c1-15(2)18-11-7-9-16(3)22(18)27-24(29)17(4)31-25-19-10-5-6-12-20(19)26-23(28-25)21-13-8-14-30-21/h5-15,17H,1-4H3,(H,27,29). The van der Waals surface area contributed by atoms with Crippen LogP contribution in [0.3, 0.4) is 0 Å². The van der Waals surface area contributed by atoms with Gasteiger partial charge in [-0.1, -0.05) is 62.0 Å². The molecule has 158 valence electrons. The third-order valence-corrected chi connectivity index (χ3v) is 6.24. The lowest BCUT2D eigenvalue weighted by Gasteiger charge is -2.19. The summed E-state index contributed by atoms with van der Waals surface area (Å²) in [7, 11) is 0. The first-order chi connectivity index (χ1) is 14.9. The SMILES string of the molecule is Cc1cccc(C(C)C)c1NC(=O)C(C)Sc1nc(-c2ccco2)nc2ccccc12. The molecule has 0 aliphatic heterocycles. The number of thioether (sulfide) groups is 1. The topological polar surface area (TPSA) is 68.0 Å². The van der Waals surface area contributed by atoms with Crippen molar-refractivity contribution in [3.05, 3.63) is 72.0 Å². The molecule has 1 N–H and O–H groups in total. The van der Waals surface area contributed by atoms with Gasteiger partial charge in [0.05, 0.1) is 17.0 Å². The number of carbonyl (C=O) groups is 1. The fourth-order valence-electron chi connectivity index (χ4n) is 3.44.